The largest absolute Gasteiger partial charge is 0.507 e. The molecule has 9 heteroatoms. The average Bonchev–Trinajstić information content (AvgIpc) is 3.43. The number of halogens is 1. The van der Waals surface area contributed by atoms with Gasteiger partial charge in [0, 0.05) is 5.02 Å². The Morgan fingerprint density at radius 3 is 1.84 bits per heavy atom. The Balaban J connectivity index is 1.97. The molecule has 0 spiro atoms. The molecule has 5 aromatic rings. The molecule has 0 unspecified atom stereocenters. The number of Topliss-reactive ketones (excluding diaryl/α,β-unsaturated/α-hetero) is 1. The second kappa shape index (κ2) is 13.8. The van der Waals surface area contributed by atoms with Gasteiger partial charge in [-0.25, -0.2) is 4.79 Å². The molecule has 1 heterocycles. The third-order valence-corrected chi connectivity index (χ3v) is 11.7. The normalized spacial score (nSPS) is 11.0. The highest BCUT2D eigenvalue weighted by atomic mass is 35.5. The quantitative estimate of drug-likeness (QED) is 0.0574. The van der Waals surface area contributed by atoms with Crippen molar-refractivity contribution in [3.63, 3.8) is 0 Å². The first kappa shape index (κ1) is 31.5. The van der Waals surface area contributed by atoms with E-state index in [9.17, 15) is 14.7 Å². The van der Waals surface area contributed by atoms with Crippen LogP contribution in [0.3, 0.4) is 0 Å². The Labute approximate surface area is 266 Å². The van der Waals surface area contributed by atoms with Crippen molar-refractivity contribution in [2.45, 2.75) is 13.8 Å². The molecule has 0 aliphatic carbocycles. The number of carbonyl (C=O) groups is 2. The lowest BCUT2D eigenvalue weighted by Crippen LogP contribution is -2.41. The predicted molar refractivity (Wildman–Crippen MR) is 179 cm³/mol. The van der Waals surface area contributed by atoms with Crippen LogP contribution in [0.25, 0.3) is 5.57 Å². The van der Waals surface area contributed by atoms with Crippen LogP contribution in [0.4, 0.5) is 0 Å². The molecule has 0 aliphatic rings. The topological polar surface area (TPSA) is 110 Å². The van der Waals surface area contributed by atoms with Crippen molar-refractivity contribution >= 4 is 63.3 Å². The second-order valence-corrected chi connectivity index (χ2v) is 13.5. The first-order valence-corrected chi connectivity index (χ1v) is 16.4. The molecule has 1 aromatic heterocycles. The fourth-order valence-corrected chi connectivity index (χ4v) is 9.95. The van der Waals surface area contributed by atoms with Gasteiger partial charge in [0.2, 0.25) is 11.1 Å². The maximum absolute atomic E-state index is 14.1. The summed E-state index contributed by atoms with van der Waals surface area (Å²) in [4.78, 5) is 28.1. The summed E-state index contributed by atoms with van der Waals surface area (Å²) >= 11 is 6.16. The van der Waals surface area contributed by atoms with Crippen LogP contribution in [-0.2, 0) is 4.74 Å². The molecule has 0 bridgehead atoms. The molecule has 45 heavy (non-hydrogen) atoms. The number of phenols is 1. The number of rotatable bonds is 11. The van der Waals surface area contributed by atoms with Gasteiger partial charge < -0.3 is 19.0 Å². The minimum absolute atomic E-state index is 0.0105. The van der Waals surface area contributed by atoms with Crippen molar-refractivity contribution in [3.8, 4) is 11.7 Å². The van der Waals surface area contributed by atoms with Crippen LogP contribution in [0.5, 0.6) is 11.7 Å². The van der Waals surface area contributed by atoms with Crippen LogP contribution in [0, 0.1) is 5.41 Å². The van der Waals surface area contributed by atoms with E-state index < -0.39 is 24.6 Å². The predicted octanol–water partition coefficient (Wildman–Crippen LogP) is 6.35. The van der Waals surface area contributed by atoms with Gasteiger partial charge in [0.25, 0.3) is 0 Å². The van der Waals surface area contributed by atoms with Gasteiger partial charge in [0.1, 0.15) is 27.2 Å². The number of esters is 1. The van der Waals surface area contributed by atoms with E-state index in [1.807, 2.05) is 91.0 Å². The van der Waals surface area contributed by atoms with Gasteiger partial charge in [0.05, 0.1) is 18.8 Å². The summed E-state index contributed by atoms with van der Waals surface area (Å²) in [6.07, 6.45) is 0. The van der Waals surface area contributed by atoms with Gasteiger partial charge in [-0.3, -0.25) is 10.2 Å². The summed E-state index contributed by atoms with van der Waals surface area (Å²) in [6, 6.07) is 33.3. The first-order chi connectivity index (χ1) is 21.9. The highest BCUT2D eigenvalue weighted by Crippen LogP contribution is 2.58. The summed E-state index contributed by atoms with van der Waals surface area (Å²) in [7, 11) is -3.04. The summed E-state index contributed by atoms with van der Waals surface area (Å²) in [6.45, 7) is 3.67. The van der Waals surface area contributed by atoms with Crippen molar-refractivity contribution < 1.29 is 28.6 Å². The van der Waals surface area contributed by atoms with Crippen LogP contribution in [0.1, 0.15) is 40.3 Å². The number of ketones is 1. The van der Waals surface area contributed by atoms with Crippen LogP contribution < -0.4 is 26.0 Å². The lowest BCUT2D eigenvalue weighted by molar-refractivity contribution is 0.0526. The molecule has 2 N–H and O–H groups in total. The molecule has 0 aliphatic heterocycles. The van der Waals surface area contributed by atoms with Crippen LogP contribution >= 0.6 is 18.9 Å². The Morgan fingerprint density at radius 2 is 1.38 bits per heavy atom. The molecule has 7 nitrogen and oxygen atoms in total. The Morgan fingerprint density at radius 1 is 0.844 bits per heavy atom. The highest BCUT2D eigenvalue weighted by molar-refractivity contribution is 8.01. The molecular formula is C36H30ClNO6P+. The molecule has 0 saturated carbocycles. The number of allylic oxidation sites excluding steroid dienone is 1. The molecule has 0 fully saturated rings. The number of furan rings is 1. The van der Waals surface area contributed by atoms with Crippen molar-refractivity contribution in [1.29, 1.82) is 5.41 Å². The monoisotopic (exact) mass is 638 g/mol. The molecule has 0 saturated heterocycles. The van der Waals surface area contributed by atoms with Crippen LogP contribution in [0.15, 0.2) is 114 Å². The molecule has 0 amide bonds. The SMILES string of the molecule is CCOC(=O)c1c(C(=C=N)C(=O)c2cc(Cl)ccc2O)oc(OCC)c1[P+](c1ccccc1)(c1ccccc1)c1ccccc1. The number of nitrogens with one attached hydrogen (secondary N) is 1. The number of ether oxygens (including phenoxy) is 2. The van der Waals surface area contributed by atoms with E-state index in [4.69, 9.17) is 30.9 Å². The molecule has 226 valence electrons. The van der Waals surface area contributed by atoms with Crippen LogP contribution in [-0.4, -0.2) is 35.9 Å². The number of hydrogen-bond donors (Lipinski definition) is 2. The maximum Gasteiger partial charge on any atom is 0.346 e. The van der Waals surface area contributed by atoms with Crippen molar-refractivity contribution in [2.24, 2.45) is 0 Å². The Hall–Kier alpha value is -4.93. The van der Waals surface area contributed by atoms with E-state index in [0.717, 1.165) is 15.9 Å². The van der Waals surface area contributed by atoms with Gasteiger partial charge in [-0.15, -0.1) is 0 Å². The maximum atomic E-state index is 14.1. The smallest absolute Gasteiger partial charge is 0.346 e. The lowest BCUT2D eigenvalue weighted by Gasteiger charge is -2.27. The minimum atomic E-state index is -3.04. The first-order valence-electron chi connectivity index (χ1n) is 14.2. The van der Waals surface area contributed by atoms with Gasteiger partial charge in [0.15, 0.2) is 18.6 Å². The van der Waals surface area contributed by atoms with E-state index in [2.05, 4.69) is 5.87 Å². The van der Waals surface area contributed by atoms with Gasteiger partial charge in [-0.2, -0.15) is 0 Å². The minimum Gasteiger partial charge on any atom is -0.507 e. The zero-order valence-corrected chi connectivity index (χ0v) is 26.3. The molecule has 5 rings (SSSR count). The number of hydrogen-bond acceptors (Lipinski definition) is 7. The van der Waals surface area contributed by atoms with E-state index in [0.29, 0.717) is 5.30 Å². The van der Waals surface area contributed by atoms with Gasteiger partial charge in [-0.1, -0.05) is 66.2 Å². The standard InChI is InChI=1S/C36H29ClNO6P/c1-3-42-35(41)31-33(29(23-38)32(40)28-22-24(37)20-21-30(28)39)44-36(43-4-2)34(31)45(25-14-8-5-9-15-25,26-16-10-6-11-17-26)27-18-12-7-13-19-27/h5-22,38H,3-4H2,1-2H3/p+1. The Bertz CT molecular complexity index is 1790. The van der Waals surface area contributed by atoms with E-state index in [1.165, 1.54) is 18.2 Å². The highest BCUT2D eigenvalue weighted by Gasteiger charge is 2.56. The fourth-order valence-electron chi connectivity index (χ4n) is 5.33. The van der Waals surface area contributed by atoms with E-state index in [-0.39, 0.29) is 46.8 Å². The molecule has 4 aromatic carbocycles. The van der Waals surface area contributed by atoms with Crippen molar-refractivity contribution in [2.75, 3.05) is 13.2 Å². The Kier molecular flexibility index (Phi) is 9.65. The van der Waals surface area contributed by atoms with E-state index >= 15 is 0 Å². The molecule has 0 radical (unpaired) electrons. The zero-order chi connectivity index (χ0) is 32.0. The molecule has 0 atom stereocenters. The fraction of sp³-hybridized carbons (Fsp3) is 0.111. The van der Waals surface area contributed by atoms with Gasteiger partial charge >= 0.3 is 11.9 Å². The lowest BCUT2D eigenvalue weighted by atomic mass is 9.99. The second-order valence-electron chi connectivity index (χ2n) is 9.76. The number of carbonyl (C=O) groups excluding carboxylic acids is 2. The summed E-state index contributed by atoms with van der Waals surface area (Å²) in [5, 5.41) is 22.0. The van der Waals surface area contributed by atoms with Crippen molar-refractivity contribution in [3.05, 3.63) is 131 Å². The van der Waals surface area contributed by atoms with Gasteiger partial charge in [-0.05, 0) is 74.3 Å². The summed E-state index contributed by atoms with van der Waals surface area (Å²) in [5.41, 5.74) is -0.650. The summed E-state index contributed by atoms with van der Waals surface area (Å²) in [5.74, 6) is -0.00520. The molecular weight excluding hydrogens is 609 g/mol. The van der Waals surface area contributed by atoms with Crippen molar-refractivity contribution in [1.82, 2.24) is 0 Å². The van der Waals surface area contributed by atoms with Crippen LogP contribution in [0.2, 0.25) is 5.02 Å². The number of phenolic OH excluding ortho intramolecular Hbond substituents is 1. The number of aromatic hydroxyl groups is 1. The zero-order valence-electron chi connectivity index (χ0n) is 24.6. The third kappa shape index (κ3) is 5.82. The van der Waals surface area contributed by atoms with E-state index in [1.54, 1.807) is 13.8 Å². The third-order valence-electron chi connectivity index (χ3n) is 7.16. The summed E-state index contributed by atoms with van der Waals surface area (Å²) < 4.78 is 18.1. The number of benzene rings is 4. The average molecular weight is 639 g/mol.